The molecule has 23 heavy (non-hydrogen) atoms. The van der Waals surface area contributed by atoms with Gasteiger partial charge in [0.15, 0.2) is 0 Å². The molecule has 0 saturated heterocycles. The molecule has 1 saturated carbocycles. The number of unbranched alkanes of at least 4 members (excludes halogenated alkanes) is 1. The Labute approximate surface area is 138 Å². The van der Waals surface area contributed by atoms with E-state index in [0.717, 1.165) is 36.9 Å². The molecule has 0 heterocycles. The van der Waals surface area contributed by atoms with Gasteiger partial charge in [0.2, 0.25) is 0 Å². The zero-order valence-corrected chi connectivity index (χ0v) is 14.1. The van der Waals surface area contributed by atoms with Gasteiger partial charge in [-0.25, -0.2) is 4.79 Å². The first-order valence-corrected chi connectivity index (χ1v) is 8.56. The number of hydrogen-bond acceptors (Lipinski definition) is 2. The van der Waals surface area contributed by atoms with Crippen molar-refractivity contribution in [2.75, 3.05) is 11.9 Å². The number of rotatable bonds is 6. The molecular formula is C18H27N3O2. The zero-order chi connectivity index (χ0) is 16.7. The second kappa shape index (κ2) is 8.56. The Kier molecular flexibility index (Phi) is 6.44. The van der Waals surface area contributed by atoms with E-state index < -0.39 is 0 Å². The first kappa shape index (κ1) is 17.3. The number of anilines is 1. The maximum Gasteiger partial charge on any atom is 0.319 e. The number of nitrogens with one attached hydrogen (secondary N) is 3. The molecule has 0 spiro atoms. The predicted octanol–water partition coefficient (Wildman–Crippen LogP) is 3.59. The van der Waals surface area contributed by atoms with Crippen molar-refractivity contribution in [1.82, 2.24) is 10.6 Å². The molecule has 1 aliphatic rings. The van der Waals surface area contributed by atoms with E-state index >= 15 is 0 Å². The van der Waals surface area contributed by atoms with E-state index in [1.165, 1.54) is 12.8 Å². The molecule has 126 valence electrons. The summed E-state index contributed by atoms with van der Waals surface area (Å²) in [6, 6.07) is 5.48. The van der Waals surface area contributed by atoms with Crippen LogP contribution in [-0.2, 0) is 0 Å². The Morgan fingerprint density at radius 3 is 2.61 bits per heavy atom. The molecular weight excluding hydrogens is 290 g/mol. The highest BCUT2D eigenvalue weighted by Gasteiger charge is 2.18. The van der Waals surface area contributed by atoms with Crippen LogP contribution in [0.5, 0.6) is 0 Å². The topological polar surface area (TPSA) is 70.2 Å². The lowest BCUT2D eigenvalue weighted by Crippen LogP contribution is -2.32. The van der Waals surface area contributed by atoms with Gasteiger partial charge in [0.1, 0.15) is 0 Å². The number of aryl methyl sites for hydroxylation is 1. The highest BCUT2D eigenvalue weighted by Crippen LogP contribution is 2.20. The van der Waals surface area contributed by atoms with Gasteiger partial charge in [-0.05, 0) is 49.9 Å². The molecule has 1 aliphatic carbocycles. The van der Waals surface area contributed by atoms with Gasteiger partial charge in [-0.3, -0.25) is 4.79 Å². The van der Waals surface area contributed by atoms with Gasteiger partial charge in [-0.2, -0.15) is 0 Å². The van der Waals surface area contributed by atoms with Gasteiger partial charge in [-0.15, -0.1) is 0 Å². The third-order valence-corrected chi connectivity index (χ3v) is 4.24. The van der Waals surface area contributed by atoms with Crippen LogP contribution in [0, 0.1) is 6.92 Å². The van der Waals surface area contributed by atoms with Crippen molar-refractivity contribution in [1.29, 1.82) is 0 Å². The second-order valence-corrected chi connectivity index (χ2v) is 6.22. The molecule has 5 heteroatoms. The lowest BCUT2D eigenvalue weighted by Gasteiger charge is -2.14. The highest BCUT2D eigenvalue weighted by molar-refractivity contribution is 5.96. The van der Waals surface area contributed by atoms with Crippen molar-refractivity contribution in [2.24, 2.45) is 0 Å². The van der Waals surface area contributed by atoms with Crippen LogP contribution in [0.2, 0.25) is 0 Å². The third kappa shape index (κ3) is 5.27. The number of benzene rings is 1. The maximum atomic E-state index is 12.2. The standard InChI is InChI=1S/C18H27N3O2/c1-3-4-11-19-18(23)21-16-10-9-14(12-13(16)2)17(22)20-15-7-5-6-8-15/h9-10,12,15H,3-8,11H2,1-2H3,(H,20,22)(H2,19,21,23). The molecule has 0 radical (unpaired) electrons. The summed E-state index contributed by atoms with van der Waals surface area (Å²) in [5, 5.41) is 8.72. The molecule has 0 atom stereocenters. The summed E-state index contributed by atoms with van der Waals surface area (Å²) < 4.78 is 0. The second-order valence-electron chi connectivity index (χ2n) is 6.22. The van der Waals surface area contributed by atoms with Gasteiger partial charge < -0.3 is 16.0 Å². The monoisotopic (exact) mass is 317 g/mol. The fourth-order valence-corrected chi connectivity index (χ4v) is 2.83. The van der Waals surface area contributed by atoms with Crippen molar-refractivity contribution in [3.8, 4) is 0 Å². The number of hydrogen-bond donors (Lipinski definition) is 3. The molecule has 0 bridgehead atoms. The van der Waals surface area contributed by atoms with Gasteiger partial charge >= 0.3 is 6.03 Å². The van der Waals surface area contributed by atoms with Crippen LogP contribution in [0.25, 0.3) is 0 Å². The van der Waals surface area contributed by atoms with Crippen LogP contribution in [0.4, 0.5) is 10.5 Å². The third-order valence-electron chi connectivity index (χ3n) is 4.24. The summed E-state index contributed by atoms with van der Waals surface area (Å²) in [5.74, 6) is -0.0288. The van der Waals surface area contributed by atoms with E-state index in [-0.39, 0.29) is 11.9 Å². The summed E-state index contributed by atoms with van der Waals surface area (Å²) in [6.45, 7) is 4.65. The van der Waals surface area contributed by atoms with Gasteiger partial charge in [-0.1, -0.05) is 26.2 Å². The van der Waals surface area contributed by atoms with E-state index in [4.69, 9.17) is 0 Å². The van der Waals surface area contributed by atoms with E-state index in [1.54, 1.807) is 12.1 Å². The van der Waals surface area contributed by atoms with Gasteiger partial charge in [0, 0.05) is 23.8 Å². The Morgan fingerprint density at radius 1 is 1.22 bits per heavy atom. The number of urea groups is 1. The minimum absolute atomic E-state index is 0.0288. The summed E-state index contributed by atoms with van der Waals surface area (Å²) in [7, 11) is 0. The predicted molar refractivity (Wildman–Crippen MR) is 92.8 cm³/mol. The van der Waals surface area contributed by atoms with Gasteiger partial charge in [0.25, 0.3) is 5.91 Å². The van der Waals surface area contributed by atoms with Crippen LogP contribution < -0.4 is 16.0 Å². The fourth-order valence-electron chi connectivity index (χ4n) is 2.83. The number of carbonyl (C=O) groups is 2. The SMILES string of the molecule is CCCCNC(=O)Nc1ccc(C(=O)NC2CCCC2)cc1C. The van der Waals surface area contributed by atoms with Gasteiger partial charge in [0.05, 0.1) is 0 Å². The highest BCUT2D eigenvalue weighted by atomic mass is 16.2. The molecule has 5 nitrogen and oxygen atoms in total. The Morgan fingerprint density at radius 2 is 1.96 bits per heavy atom. The molecule has 1 fully saturated rings. The summed E-state index contributed by atoms with van der Waals surface area (Å²) >= 11 is 0. The van der Waals surface area contributed by atoms with E-state index in [1.807, 2.05) is 13.0 Å². The van der Waals surface area contributed by atoms with Crippen LogP contribution in [0.1, 0.15) is 61.4 Å². The average molecular weight is 317 g/mol. The Hall–Kier alpha value is -2.04. The largest absolute Gasteiger partial charge is 0.349 e. The van der Waals surface area contributed by atoms with Crippen molar-refractivity contribution >= 4 is 17.6 Å². The first-order valence-electron chi connectivity index (χ1n) is 8.56. The summed E-state index contributed by atoms with van der Waals surface area (Å²) in [4.78, 5) is 24.0. The maximum absolute atomic E-state index is 12.2. The zero-order valence-electron chi connectivity index (χ0n) is 14.1. The summed E-state index contributed by atoms with van der Waals surface area (Å²) in [5.41, 5.74) is 2.26. The van der Waals surface area contributed by atoms with E-state index in [9.17, 15) is 9.59 Å². The molecule has 0 unspecified atom stereocenters. The molecule has 0 aromatic heterocycles. The van der Waals surface area contributed by atoms with Crippen LogP contribution >= 0.6 is 0 Å². The number of amides is 3. The fraction of sp³-hybridized carbons (Fsp3) is 0.556. The lowest BCUT2D eigenvalue weighted by molar-refractivity contribution is 0.0938. The Bertz CT molecular complexity index is 551. The quantitative estimate of drug-likeness (QED) is 0.702. The van der Waals surface area contributed by atoms with Crippen LogP contribution in [0.15, 0.2) is 18.2 Å². The van der Waals surface area contributed by atoms with Crippen molar-refractivity contribution < 1.29 is 9.59 Å². The molecule has 1 aromatic rings. The average Bonchev–Trinajstić information content (AvgIpc) is 3.02. The summed E-state index contributed by atoms with van der Waals surface area (Å²) in [6.07, 6.45) is 6.54. The number of carbonyl (C=O) groups excluding carboxylic acids is 2. The van der Waals surface area contributed by atoms with Crippen LogP contribution in [0.3, 0.4) is 0 Å². The molecule has 1 aromatic carbocycles. The van der Waals surface area contributed by atoms with Crippen LogP contribution in [-0.4, -0.2) is 24.5 Å². The van der Waals surface area contributed by atoms with Crippen molar-refractivity contribution in [3.63, 3.8) is 0 Å². The van der Waals surface area contributed by atoms with E-state index in [2.05, 4.69) is 22.9 Å². The normalized spacial score (nSPS) is 14.5. The minimum Gasteiger partial charge on any atom is -0.349 e. The smallest absolute Gasteiger partial charge is 0.319 e. The Balaban J connectivity index is 1.91. The first-order chi connectivity index (χ1) is 11.1. The molecule has 3 amide bonds. The lowest BCUT2D eigenvalue weighted by atomic mass is 10.1. The minimum atomic E-state index is -0.204. The molecule has 0 aliphatic heterocycles. The van der Waals surface area contributed by atoms with Crippen molar-refractivity contribution in [3.05, 3.63) is 29.3 Å². The van der Waals surface area contributed by atoms with Crippen molar-refractivity contribution in [2.45, 2.75) is 58.4 Å². The molecule has 2 rings (SSSR count). The molecule has 3 N–H and O–H groups in total. The van der Waals surface area contributed by atoms with E-state index in [0.29, 0.717) is 18.2 Å².